The molecule has 2 amide bonds. The van der Waals surface area contributed by atoms with Crippen LogP contribution >= 0.6 is 27.5 Å². The number of benzene rings is 2. The molecule has 0 saturated carbocycles. The van der Waals surface area contributed by atoms with Gasteiger partial charge in [0.2, 0.25) is 11.8 Å². The van der Waals surface area contributed by atoms with Gasteiger partial charge in [0, 0.05) is 32.7 Å². The van der Waals surface area contributed by atoms with Gasteiger partial charge in [-0.2, -0.15) is 0 Å². The van der Waals surface area contributed by atoms with Gasteiger partial charge >= 0.3 is 0 Å². The summed E-state index contributed by atoms with van der Waals surface area (Å²) in [6, 6.07) is 8.80. The molecule has 0 fully saturated rings. The lowest BCUT2D eigenvalue weighted by Gasteiger charge is -2.16. The van der Waals surface area contributed by atoms with E-state index < -0.39 is 5.91 Å². The molecule has 0 unspecified atom stereocenters. The number of hydrogen-bond donors (Lipinski definition) is 3. The van der Waals surface area contributed by atoms with E-state index in [1.807, 2.05) is 26.2 Å². The second-order valence-electron chi connectivity index (χ2n) is 7.62. The molecule has 34 heavy (non-hydrogen) atoms. The van der Waals surface area contributed by atoms with Crippen molar-refractivity contribution in [3.05, 3.63) is 58.3 Å². The van der Waals surface area contributed by atoms with Crippen molar-refractivity contribution >= 4 is 67.3 Å². The number of likely N-dealkylation sites (N-methyl/N-ethyl adjacent to an activating group) is 1. The van der Waals surface area contributed by atoms with Gasteiger partial charge in [0.1, 0.15) is 24.5 Å². The van der Waals surface area contributed by atoms with Gasteiger partial charge in [-0.05, 0) is 54.3 Å². The molecule has 0 bridgehead atoms. The summed E-state index contributed by atoms with van der Waals surface area (Å²) in [5.41, 5.74) is 7.28. The zero-order chi connectivity index (χ0) is 24.8. The predicted molar refractivity (Wildman–Crippen MR) is 137 cm³/mol. The molecule has 0 radical (unpaired) electrons. The molecule has 4 N–H and O–H groups in total. The Labute approximate surface area is 210 Å². The molecule has 2 aromatic carbocycles. The van der Waals surface area contributed by atoms with Crippen molar-refractivity contribution < 1.29 is 14.3 Å². The molecular formula is C23H24BrClN6O3. The van der Waals surface area contributed by atoms with Crippen LogP contribution < -0.4 is 21.1 Å². The van der Waals surface area contributed by atoms with Crippen LogP contribution in [-0.4, -0.2) is 60.5 Å². The summed E-state index contributed by atoms with van der Waals surface area (Å²) in [5, 5.41) is 7.16. The zero-order valence-corrected chi connectivity index (χ0v) is 21.0. The van der Waals surface area contributed by atoms with Crippen LogP contribution in [0.2, 0.25) is 5.02 Å². The van der Waals surface area contributed by atoms with Crippen molar-refractivity contribution in [2.45, 2.75) is 0 Å². The number of primary amides is 1. The molecule has 0 atom stereocenters. The highest BCUT2D eigenvalue weighted by Crippen LogP contribution is 2.34. The van der Waals surface area contributed by atoms with Crippen LogP contribution in [0, 0.1) is 0 Å². The minimum Gasteiger partial charge on any atom is -0.491 e. The molecule has 0 saturated heterocycles. The molecule has 1 aromatic heterocycles. The monoisotopic (exact) mass is 546 g/mol. The number of ether oxygens (including phenoxy) is 1. The Morgan fingerprint density at radius 1 is 1.24 bits per heavy atom. The van der Waals surface area contributed by atoms with E-state index in [0.717, 1.165) is 10.2 Å². The van der Waals surface area contributed by atoms with Crippen molar-refractivity contribution in [3.63, 3.8) is 0 Å². The maximum atomic E-state index is 11.9. The van der Waals surface area contributed by atoms with Crippen LogP contribution in [0.4, 0.5) is 11.5 Å². The lowest BCUT2D eigenvalue weighted by Crippen LogP contribution is -2.35. The number of carbonyl (C=O) groups excluding carboxylic acids is 2. The molecular weight excluding hydrogens is 524 g/mol. The Kier molecular flexibility index (Phi) is 8.43. The van der Waals surface area contributed by atoms with Gasteiger partial charge in [-0.1, -0.05) is 18.2 Å². The number of hydrogen-bond acceptors (Lipinski definition) is 7. The second-order valence-corrected chi connectivity index (χ2v) is 8.88. The standard InChI is InChI=1S/C23H24BrClN6O3/c1-13(22(26)33)15-9-16-19(10-20(15)34-7-6-27-21(32)11-31(2)3)28-12-29-23(16)30-14-4-5-17(24)18(25)8-14/h4-5,8-10,12H,1,6-7,11H2,2-3H3,(H2,26,33)(H,27,32)(H,28,29,30). The van der Waals surface area contributed by atoms with Gasteiger partial charge in [0.05, 0.1) is 23.6 Å². The SMILES string of the molecule is C=C(C(N)=O)c1cc2c(Nc3ccc(Br)c(Cl)c3)ncnc2cc1OCCNC(=O)CN(C)C. The molecule has 9 nitrogen and oxygen atoms in total. The van der Waals surface area contributed by atoms with Crippen LogP contribution in [0.5, 0.6) is 5.75 Å². The van der Waals surface area contributed by atoms with Crippen LogP contribution in [0.15, 0.2) is 47.7 Å². The highest BCUT2D eigenvalue weighted by atomic mass is 79.9. The van der Waals surface area contributed by atoms with Gasteiger partial charge in [-0.25, -0.2) is 9.97 Å². The highest BCUT2D eigenvalue weighted by Gasteiger charge is 2.17. The van der Waals surface area contributed by atoms with Gasteiger partial charge in [-0.15, -0.1) is 0 Å². The average molecular weight is 548 g/mol. The van der Waals surface area contributed by atoms with Crippen molar-refractivity contribution in [2.75, 3.05) is 39.1 Å². The summed E-state index contributed by atoms with van der Waals surface area (Å²) < 4.78 is 6.63. The number of carbonyl (C=O) groups is 2. The Balaban J connectivity index is 1.89. The molecule has 0 aliphatic heterocycles. The first kappa shape index (κ1) is 25.4. The topological polar surface area (TPSA) is 122 Å². The first-order valence-corrected chi connectivity index (χ1v) is 11.4. The van der Waals surface area contributed by atoms with Crippen LogP contribution in [0.1, 0.15) is 5.56 Å². The first-order valence-electron chi connectivity index (χ1n) is 10.2. The normalized spacial score (nSPS) is 10.9. The Hall–Kier alpha value is -3.21. The van der Waals surface area contributed by atoms with E-state index in [0.29, 0.717) is 33.1 Å². The number of aromatic nitrogens is 2. The number of anilines is 2. The third-order valence-corrected chi connectivity index (χ3v) is 5.92. The smallest absolute Gasteiger partial charge is 0.248 e. The van der Waals surface area contributed by atoms with E-state index in [1.165, 1.54) is 6.33 Å². The van der Waals surface area contributed by atoms with Crippen molar-refractivity contribution in [1.29, 1.82) is 0 Å². The van der Waals surface area contributed by atoms with Crippen molar-refractivity contribution in [3.8, 4) is 5.75 Å². The van der Waals surface area contributed by atoms with E-state index in [9.17, 15) is 9.59 Å². The molecule has 0 aliphatic carbocycles. The molecule has 1 heterocycles. The third-order valence-electron chi connectivity index (χ3n) is 4.68. The Morgan fingerprint density at radius 2 is 2.00 bits per heavy atom. The fourth-order valence-electron chi connectivity index (χ4n) is 3.08. The average Bonchev–Trinajstić information content (AvgIpc) is 2.78. The second kappa shape index (κ2) is 11.3. The summed E-state index contributed by atoms with van der Waals surface area (Å²) in [6.45, 7) is 4.54. The quantitative estimate of drug-likeness (QED) is 0.263. The minimum atomic E-state index is -0.686. The zero-order valence-electron chi connectivity index (χ0n) is 18.7. The van der Waals surface area contributed by atoms with Crippen LogP contribution in [0.25, 0.3) is 16.5 Å². The highest BCUT2D eigenvalue weighted by molar-refractivity contribution is 9.10. The van der Waals surface area contributed by atoms with E-state index in [4.69, 9.17) is 22.1 Å². The number of nitrogens with zero attached hydrogens (tertiary/aromatic N) is 3. The Morgan fingerprint density at radius 3 is 2.68 bits per heavy atom. The fraction of sp³-hybridized carbons (Fsp3) is 0.217. The number of halogens is 2. The van der Waals surface area contributed by atoms with Gasteiger partial charge in [0.15, 0.2) is 0 Å². The fourth-order valence-corrected chi connectivity index (χ4v) is 3.50. The molecule has 3 aromatic rings. The summed E-state index contributed by atoms with van der Waals surface area (Å²) in [6.07, 6.45) is 1.42. The van der Waals surface area contributed by atoms with Gasteiger partial charge in [-0.3, -0.25) is 9.59 Å². The number of amides is 2. The number of nitrogens with two attached hydrogens (primary N) is 1. The lowest BCUT2D eigenvalue weighted by molar-refractivity contribution is -0.121. The lowest BCUT2D eigenvalue weighted by atomic mass is 10.0. The molecule has 3 rings (SSSR count). The largest absolute Gasteiger partial charge is 0.491 e. The van der Waals surface area contributed by atoms with Crippen molar-refractivity contribution in [1.82, 2.24) is 20.2 Å². The van der Waals surface area contributed by atoms with E-state index in [-0.39, 0.29) is 31.2 Å². The molecule has 0 spiro atoms. The van der Waals surface area contributed by atoms with E-state index >= 15 is 0 Å². The predicted octanol–water partition coefficient (Wildman–Crippen LogP) is 3.34. The maximum absolute atomic E-state index is 11.9. The van der Waals surface area contributed by atoms with Crippen LogP contribution in [0.3, 0.4) is 0 Å². The van der Waals surface area contributed by atoms with Gasteiger partial charge < -0.3 is 26.0 Å². The van der Waals surface area contributed by atoms with E-state index in [2.05, 4.69) is 43.1 Å². The summed E-state index contributed by atoms with van der Waals surface area (Å²) in [5.74, 6) is 0.0684. The number of rotatable bonds is 10. The number of fused-ring (bicyclic) bond motifs is 1. The molecule has 0 aliphatic rings. The molecule has 11 heteroatoms. The summed E-state index contributed by atoms with van der Waals surface area (Å²) in [7, 11) is 3.62. The van der Waals surface area contributed by atoms with E-state index in [1.54, 1.807) is 23.1 Å². The Bertz CT molecular complexity index is 1250. The molecule has 178 valence electrons. The minimum absolute atomic E-state index is 0.0787. The summed E-state index contributed by atoms with van der Waals surface area (Å²) >= 11 is 9.57. The first-order chi connectivity index (χ1) is 16.2. The van der Waals surface area contributed by atoms with Gasteiger partial charge in [0.25, 0.3) is 0 Å². The summed E-state index contributed by atoms with van der Waals surface area (Å²) in [4.78, 5) is 34.1. The van der Waals surface area contributed by atoms with Crippen LogP contribution in [-0.2, 0) is 9.59 Å². The maximum Gasteiger partial charge on any atom is 0.248 e. The van der Waals surface area contributed by atoms with Crippen molar-refractivity contribution in [2.24, 2.45) is 5.73 Å². The third kappa shape index (κ3) is 6.43. The number of nitrogens with one attached hydrogen (secondary N) is 2.